The Labute approximate surface area is 112 Å². The highest BCUT2D eigenvalue weighted by Gasteiger charge is 2.34. The number of hydrogen-bond acceptors (Lipinski definition) is 4. The van der Waals surface area contributed by atoms with Crippen LogP contribution in [-0.2, 0) is 15.8 Å². The van der Waals surface area contributed by atoms with Gasteiger partial charge < -0.3 is 0 Å². The van der Waals surface area contributed by atoms with E-state index in [1.54, 1.807) is 24.3 Å². The molecule has 1 aliphatic carbocycles. The normalized spacial score (nSPS) is 16.3. The number of nitrogens with one attached hydrogen (secondary N) is 1. The second-order valence-electron chi connectivity index (χ2n) is 4.59. The van der Waals surface area contributed by atoms with Crippen LogP contribution < -0.4 is 4.72 Å². The zero-order valence-corrected chi connectivity index (χ0v) is 11.0. The van der Waals surface area contributed by atoms with Gasteiger partial charge in [0.05, 0.1) is 23.5 Å². The van der Waals surface area contributed by atoms with Crippen LogP contribution in [0.15, 0.2) is 24.3 Å². The van der Waals surface area contributed by atoms with E-state index in [0.717, 1.165) is 12.8 Å². The van der Waals surface area contributed by atoms with Gasteiger partial charge in [-0.2, -0.15) is 15.2 Å². The second kappa shape index (κ2) is 5.40. The van der Waals surface area contributed by atoms with Crippen molar-refractivity contribution in [2.24, 2.45) is 5.92 Å². The van der Waals surface area contributed by atoms with Crippen molar-refractivity contribution in [3.63, 3.8) is 0 Å². The molecule has 1 N–H and O–H groups in total. The lowest BCUT2D eigenvalue weighted by Gasteiger charge is -2.11. The Morgan fingerprint density at radius 1 is 1.32 bits per heavy atom. The molecule has 1 unspecified atom stereocenters. The van der Waals surface area contributed by atoms with Gasteiger partial charge in [-0.25, -0.2) is 8.42 Å². The van der Waals surface area contributed by atoms with Crippen molar-refractivity contribution in [3.8, 4) is 12.1 Å². The van der Waals surface area contributed by atoms with E-state index < -0.39 is 16.1 Å². The van der Waals surface area contributed by atoms with Crippen molar-refractivity contribution in [2.75, 3.05) is 0 Å². The van der Waals surface area contributed by atoms with Crippen molar-refractivity contribution in [1.82, 2.24) is 4.72 Å². The summed E-state index contributed by atoms with van der Waals surface area (Å²) in [5.74, 6) is -0.146. The molecule has 0 aliphatic heterocycles. The SMILES string of the molecule is N#Cc1ccccc1CS(=O)(=O)NC(C#N)C1CC1. The van der Waals surface area contributed by atoms with Crippen LogP contribution in [0.2, 0.25) is 0 Å². The molecule has 0 saturated heterocycles. The summed E-state index contributed by atoms with van der Waals surface area (Å²) in [6, 6.07) is 9.85. The first-order chi connectivity index (χ1) is 9.05. The average Bonchev–Trinajstić information content (AvgIpc) is 3.20. The molecule has 1 saturated carbocycles. The fourth-order valence-corrected chi connectivity index (χ4v) is 3.23. The lowest BCUT2D eigenvalue weighted by atomic mass is 10.1. The zero-order valence-electron chi connectivity index (χ0n) is 10.2. The highest BCUT2D eigenvalue weighted by atomic mass is 32.2. The highest BCUT2D eigenvalue weighted by molar-refractivity contribution is 7.88. The van der Waals surface area contributed by atoms with Crippen LogP contribution in [0, 0.1) is 28.6 Å². The molecule has 1 aromatic rings. The number of rotatable bonds is 5. The maximum absolute atomic E-state index is 12.0. The van der Waals surface area contributed by atoms with Crippen molar-refractivity contribution < 1.29 is 8.42 Å². The van der Waals surface area contributed by atoms with Gasteiger partial charge in [-0.3, -0.25) is 0 Å². The molecule has 0 radical (unpaired) electrons. The molecule has 1 aliphatic rings. The van der Waals surface area contributed by atoms with Gasteiger partial charge in [-0.05, 0) is 30.4 Å². The third kappa shape index (κ3) is 3.54. The predicted molar refractivity (Wildman–Crippen MR) is 69.0 cm³/mol. The molecular weight excluding hydrogens is 262 g/mol. The Bertz CT molecular complexity index is 651. The first-order valence-corrected chi connectivity index (χ1v) is 7.58. The van der Waals surface area contributed by atoms with Crippen LogP contribution in [0.25, 0.3) is 0 Å². The lowest BCUT2D eigenvalue weighted by Crippen LogP contribution is -2.36. The minimum absolute atomic E-state index is 0.131. The largest absolute Gasteiger partial charge is 0.216 e. The van der Waals surface area contributed by atoms with Crippen LogP contribution in [0.5, 0.6) is 0 Å². The van der Waals surface area contributed by atoms with Gasteiger partial charge in [0.2, 0.25) is 10.0 Å². The maximum Gasteiger partial charge on any atom is 0.216 e. The van der Waals surface area contributed by atoms with E-state index in [9.17, 15) is 8.42 Å². The number of nitrogens with zero attached hydrogens (tertiary/aromatic N) is 2. The van der Waals surface area contributed by atoms with E-state index in [2.05, 4.69) is 4.72 Å². The third-order valence-electron chi connectivity index (χ3n) is 3.02. The van der Waals surface area contributed by atoms with Gasteiger partial charge in [-0.15, -0.1) is 0 Å². The summed E-state index contributed by atoms with van der Waals surface area (Å²) < 4.78 is 26.4. The number of hydrogen-bond donors (Lipinski definition) is 1. The van der Waals surface area contributed by atoms with E-state index in [4.69, 9.17) is 10.5 Å². The Morgan fingerprint density at radius 2 is 2.00 bits per heavy atom. The van der Waals surface area contributed by atoms with Crippen molar-refractivity contribution in [2.45, 2.75) is 24.6 Å². The molecule has 19 heavy (non-hydrogen) atoms. The number of nitriles is 2. The molecule has 1 aromatic carbocycles. The molecule has 98 valence electrons. The Hall–Kier alpha value is -1.89. The summed E-state index contributed by atoms with van der Waals surface area (Å²) in [7, 11) is -3.61. The third-order valence-corrected chi connectivity index (χ3v) is 4.33. The summed E-state index contributed by atoms with van der Waals surface area (Å²) >= 11 is 0. The van der Waals surface area contributed by atoms with E-state index in [0.29, 0.717) is 11.1 Å². The van der Waals surface area contributed by atoms with Crippen molar-refractivity contribution in [3.05, 3.63) is 35.4 Å². The number of benzene rings is 1. The van der Waals surface area contributed by atoms with Gasteiger partial charge >= 0.3 is 0 Å². The molecule has 2 rings (SSSR count). The standard InChI is InChI=1S/C13H13N3O2S/c14-7-11-3-1-2-4-12(11)9-19(17,18)16-13(8-15)10-5-6-10/h1-4,10,13,16H,5-6,9H2. The van der Waals surface area contributed by atoms with Crippen LogP contribution in [0.3, 0.4) is 0 Å². The van der Waals surface area contributed by atoms with Gasteiger partial charge in [0.25, 0.3) is 0 Å². The van der Waals surface area contributed by atoms with Crippen molar-refractivity contribution in [1.29, 1.82) is 10.5 Å². The summed E-state index contributed by atoms with van der Waals surface area (Å²) in [6.45, 7) is 0. The minimum atomic E-state index is -3.61. The first kappa shape index (κ1) is 13.5. The monoisotopic (exact) mass is 275 g/mol. The van der Waals surface area contributed by atoms with Gasteiger partial charge in [-0.1, -0.05) is 18.2 Å². The van der Waals surface area contributed by atoms with Crippen LogP contribution in [0.4, 0.5) is 0 Å². The van der Waals surface area contributed by atoms with E-state index in [1.165, 1.54) is 0 Å². The van der Waals surface area contributed by atoms with E-state index in [-0.39, 0.29) is 11.7 Å². The summed E-state index contributed by atoms with van der Waals surface area (Å²) in [5, 5.41) is 17.9. The lowest BCUT2D eigenvalue weighted by molar-refractivity contribution is 0.559. The summed E-state index contributed by atoms with van der Waals surface area (Å²) in [5.41, 5.74) is 0.790. The maximum atomic E-state index is 12.0. The van der Waals surface area contributed by atoms with Crippen molar-refractivity contribution >= 4 is 10.0 Å². The molecule has 0 amide bonds. The Morgan fingerprint density at radius 3 is 2.58 bits per heavy atom. The molecule has 0 bridgehead atoms. The molecule has 0 spiro atoms. The molecule has 0 heterocycles. The second-order valence-corrected chi connectivity index (χ2v) is 6.34. The fraction of sp³-hybridized carbons (Fsp3) is 0.385. The smallest absolute Gasteiger partial charge is 0.212 e. The topological polar surface area (TPSA) is 93.8 Å². The van der Waals surface area contributed by atoms with Crippen LogP contribution in [-0.4, -0.2) is 14.5 Å². The van der Waals surface area contributed by atoms with E-state index in [1.807, 2.05) is 12.1 Å². The minimum Gasteiger partial charge on any atom is -0.212 e. The summed E-state index contributed by atoms with van der Waals surface area (Å²) in [6.07, 6.45) is 1.77. The zero-order chi connectivity index (χ0) is 13.9. The van der Waals surface area contributed by atoms with Gasteiger partial charge in [0, 0.05) is 0 Å². The summed E-state index contributed by atoms with van der Waals surface area (Å²) in [4.78, 5) is 0. The molecule has 5 nitrogen and oxygen atoms in total. The number of sulfonamides is 1. The van der Waals surface area contributed by atoms with Gasteiger partial charge in [0.1, 0.15) is 6.04 Å². The molecule has 1 atom stereocenters. The fourth-order valence-electron chi connectivity index (χ4n) is 1.85. The first-order valence-electron chi connectivity index (χ1n) is 5.93. The van der Waals surface area contributed by atoms with Gasteiger partial charge in [0.15, 0.2) is 0 Å². The quantitative estimate of drug-likeness (QED) is 0.875. The Kier molecular flexibility index (Phi) is 3.84. The Balaban J connectivity index is 2.13. The predicted octanol–water partition coefficient (Wildman–Crippen LogP) is 1.28. The van der Waals surface area contributed by atoms with Crippen LogP contribution >= 0.6 is 0 Å². The molecule has 0 aromatic heterocycles. The molecule has 6 heteroatoms. The molecule has 1 fully saturated rings. The van der Waals surface area contributed by atoms with Crippen LogP contribution in [0.1, 0.15) is 24.0 Å². The molecular formula is C13H13N3O2S. The average molecular weight is 275 g/mol. The highest BCUT2D eigenvalue weighted by Crippen LogP contribution is 2.32. The van der Waals surface area contributed by atoms with E-state index >= 15 is 0 Å².